The van der Waals surface area contributed by atoms with E-state index in [9.17, 15) is 4.79 Å². The minimum atomic E-state index is -0.413. The van der Waals surface area contributed by atoms with Crippen LogP contribution in [0.15, 0.2) is 30.5 Å². The van der Waals surface area contributed by atoms with Gasteiger partial charge in [0, 0.05) is 23.2 Å². The van der Waals surface area contributed by atoms with Crippen LogP contribution < -0.4 is 11.1 Å². The van der Waals surface area contributed by atoms with Crippen molar-refractivity contribution < 1.29 is 4.79 Å². The summed E-state index contributed by atoms with van der Waals surface area (Å²) in [4.78, 5) is 16.8. The number of aromatic nitrogens is 1. The molecule has 1 aromatic carbocycles. The van der Waals surface area contributed by atoms with E-state index < -0.39 is 5.41 Å². The molecule has 3 N–H and O–H groups in total. The van der Waals surface area contributed by atoms with E-state index in [-0.39, 0.29) is 5.91 Å². The van der Waals surface area contributed by atoms with Crippen LogP contribution in [0.3, 0.4) is 0 Å². The lowest BCUT2D eigenvalue weighted by molar-refractivity contribution is -0.129. The molecule has 4 nitrogen and oxygen atoms in total. The van der Waals surface area contributed by atoms with E-state index >= 15 is 0 Å². The van der Waals surface area contributed by atoms with Crippen molar-refractivity contribution in [3.63, 3.8) is 0 Å². The van der Waals surface area contributed by atoms with Crippen LogP contribution in [0.1, 0.15) is 19.3 Å². The lowest BCUT2D eigenvalue weighted by Gasteiger charge is -2.39. The van der Waals surface area contributed by atoms with Gasteiger partial charge < -0.3 is 11.1 Å². The van der Waals surface area contributed by atoms with Gasteiger partial charge in [0.1, 0.15) is 0 Å². The number of hydrogen-bond acceptors (Lipinski definition) is 3. The van der Waals surface area contributed by atoms with Gasteiger partial charge in [0.05, 0.1) is 16.6 Å². The van der Waals surface area contributed by atoms with Crippen molar-refractivity contribution >= 4 is 34.1 Å². The van der Waals surface area contributed by atoms with Gasteiger partial charge in [0.2, 0.25) is 5.91 Å². The monoisotopic (exact) mass is 289 g/mol. The van der Waals surface area contributed by atoms with Crippen molar-refractivity contribution in [2.75, 3.05) is 11.9 Å². The molecule has 104 valence electrons. The summed E-state index contributed by atoms with van der Waals surface area (Å²) in [6.45, 7) is 0.380. The van der Waals surface area contributed by atoms with Crippen LogP contribution in [0.25, 0.3) is 10.9 Å². The molecule has 1 aliphatic carbocycles. The number of fused-ring (bicyclic) bond motifs is 1. The van der Waals surface area contributed by atoms with Crippen LogP contribution in [0.4, 0.5) is 5.69 Å². The number of carbonyl (C=O) groups is 1. The average molecular weight is 290 g/mol. The standard InChI is InChI=1S/C15H16ClN3O/c16-11-7-10-3-1-6-18-13(10)12(8-11)19-14(20)15(9-17)4-2-5-15/h1,3,6-8H,2,4-5,9,17H2,(H,19,20). The topological polar surface area (TPSA) is 68.0 Å². The van der Waals surface area contributed by atoms with Crippen molar-refractivity contribution in [3.8, 4) is 0 Å². The minimum Gasteiger partial charge on any atom is -0.329 e. The van der Waals surface area contributed by atoms with Gasteiger partial charge in [-0.05, 0) is 31.0 Å². The van der Waals surface area contributed by atoms with Crippen LogP contribution in [0, 0.1) is 5.41 Å². The van der Waals surface area contributed by atoms with E-state index in [4.69, 9.17) is 17.3 Å². The Bertz CT molecular complexity index is 662. The normalized spacial score (nSPS) is 16.7. The van der Waals surface area contributed by atoms with Crippen LogP contribution >= 0.6 is 11.6 Å². The molecule has 1 amide bonds. The Morgan fingerprint density at radius 3 is 2.90 bits per heavy atom. The fraction of sp³-hybridized carbons (Fsp3) is 0.333. The predicted molar refractivity (Wildman–Crippen MR) is 80.7 cm³/mol. The van der Waals surface area contributed by atoms with Gasteiger partial charge in [-0.3, -0.25) is 9.78 Å². The lowest BCUT2D eigenvalue weighted by Crippen LogP contribution is -2.47. The van der Waals surface area contributed by atoms with E-state index in [1.807, 2.05) is 18.2 Å². The molecule has 2 aromatic rings. The molecule has 0 bridgehead atoms. The third-order valence-electron chi connectivity index (χ3n) is 4.10. The van der Waals surface area contributed by atoms with Crippen LogP contribution in [-0.4, -0.2) is 17.4 Å². The molecule has 0 spiro atoms. The average Bonchev–Trinajstić information content (AvgIpc) is 2.38. The van der Waals surface area contributed by atoms with Gasteiger partial charge in [-0.2, -0.15) is 0 Å². The Morgan fingerprint density at radius 2 is 2.25 bits per heavy atom. The van der Waals surface area contributed by atoms with Gasteiger partial charge in [0.15, 0.2) is 0 Å². The zero-order chi connectivity index (χ0) is 14.2. The number of amides is 1. The first kappa shape index (κ1) is 13.3. The second-order valence-corrected chi connectivity index (χ2v) is 5.76. The van der Waals surface area contributed by atoms with E-state index in [0.29, 0.717) is 17.3 Å². The van der Waals surface area contributed by atoms with Crippen LogP contribution in [-0.2, 0) is 4.79 Å². The molecule has 1 aliphatic rings. The number of nitrogens with zero attached hydrogens (tertiary/aromatic N) is 1. The maximum absolute atomic E-state index is 12.4. The first-order valence-corrected chi connectivity index (χ1v) is 7.08. The molecular formula is C15H16ClN3O. The summed E-state index contributed by atoms with van der Waals surface area (Å²) in [5, 5.41) is 4.44. The fourth-order valence-electron chi connectivity index (χ4n) is 2.63. The van der Waals surface area contributed by atoms with E-state index in [0.717, 1.165) is 30.2 Å². The maximum atomic E-state index is 12.4. The van der Waals surface area contributed by atoms with Gasteiger partial charge in [-0.1, -0.05) is 24.1 Å². The van der Waals surface area contributed by atoms with Crippen molar-refractivity contribution in [1.82, 2.24) is 4.98 Å². The molecular weight excluding hydrogens is 274 g/mol. The van der Waals surface area contributed by atoms with Gasteiger partial charge >= 0.3 is 0 Å². The van der Waals surface area contributed by atoms with Crippen molar-refractivity contribution in [1.29, 1.82) is 0 Å². The second kappa shape index (κ2) is 5.04. The molecule has 20 heavy (non-hydrogen) atoms. The number of nitrogens with two attached hydrogens (primary N) is 1. The largest absolute Gasteiger partial charge is 0.329 e. The molecule has 0 atom stereocenters. The summed E-state index contributed by atoms with van der Waals surface area (Å²) < 4.78 is 0. The molecule has 0 saturated heterocycles. The summed E-state index contributed by atoms with van der Waals surface area (Å²) in [6.07, 6.45) is 4.45. The zero-order valence-corrected chi connectivity index (χ0v) is 11.8. The van der Waals surface area contributed by atoms with E-state index in [2.05, 4.69) is 10.3 Å². The number of benzene rings is 1. The van der Waals surface area contributed by atoms with Gasteiger partial charge in [-0.25, -0.2) is 0 Å². The van der Waals surface area contributed by atoms with Crippen molar-refractivity contribution in [3.05, 3.63) is 35.5 Å². The summed E-state index contributed by atoms with van der Waals surface area (Å²) in [6, 6.07) is 7.34. The van der Waals surface area contributed by atoms with Gasteiger partial charge in [-0.15, -0.1) is 0 Å². The third-order valence-corrected chi connectivity index (χ3v) is 4.32. The minimum absolute atomic E-state index is 0.0273. The number of pyridine rings is 1. The highest BCUT2D eigenvalue weighted by molar-refractivity contribution is 6.32. The Labute approximate surface area is 122 Å². The smallest absolute Gasteiger partial charge is 0.231 e. The highest BCUT2D eigenvalue weighted by Crippen LogP contribution is 2.41. The molecule has 1 fully saturated rings. The van der Waals surface area contributed by atoms with Crippen LogP contribution in [0.2, 0.25) is 5.02 Å². The van der Waals surface area contributed by atoms with E-state index in [1.165, 1.54) is 0 Å². The Balaban J connectivity index is 1.96. The number of carbonyl (C=O) groups excluding carboxylic acids is 1. The Morgan fingerprint density at radius 1 is 1.45 bits per heavy atom. The number of hydrogen-bond donors (Lipinski definition) is 2. The molecule has 1 heterocycles. The molecule has 5 heteroatoms. The number of anilines is 1. The molecule has 0 aliphatic heterocycles. The number of nitrogens with one attached hydrogen (secondary N) is 1. The van der Waals surface area contributed by atoms with Crippen molar-refractivity contribution in [2.24, 2.45) is 11.1 Å². The second-order valence-electron chi connectivity index (χ2n) is 5.32. The summed E-state index contributed by atoms with van der Waals surface area (Å²) in [5.74, 6) is -0.0273. The summed E-state index contributed by atoms with van der Waals surface area (Å²) in [5.41, 5.74) is 6.75. The summed E-state index contributed by atoms with van der Waals surface area (Å²) >= 11 is 6.10. The highest BCUT2D eigenvalue weighted by atomic mass is 35.5. The fourth-order valence-corrected chi connectivity index (χ4v) is 2.86. The Hall–Kier alpha value is -1.65. The first-order chi connectivity index (χ1) is 9.64. The van der Waals surface area contributed by atoms with Gasteiger partial charge in [0.25, 0.3) is 0 Å². The number of rotatable bonds is 3. The Kier molecular flexibility index (Phi) is 3.36. The quantitative estimate of drug-likeness (QED) is 0.913. The van der Waals surface area contributed by atoms with Crippen molar-refractivity contribution in [2.45, 2.75) is 19.3 Å². The SMILES string of the molecule is NCC1(C(=O)Nc2cc(Cl)cc3cccnc23)CCC1. The number of halogens is 1. The highest BCUT2D eigenvalue weighted by Gasteiger charge is 2.42. The third kappa shape index (κ3) is 2.15. The zero-order valence-electron chi connectivity index (χ0n) is 11.0. The van der Waals surface area contributed by atoms with Crippen LogP contribution in [0.5, 0.6) is 0 Å². The molecule has 3 rings (SSSR count). The predicted octanol–water partition coefficient (Wildman–Crippen LogP) is 2.96. The molecule has 1 saturated carbocycles. The molecule has 0 radical (unpaired) electrons. The first-order valence-electron chi connectivity index (χ1n) is 6.70. The lowest BCUT2D eigenvalue weighted by atomic mass is 9.68. The van der Waals surface area contributed by atoms with E-state index in [1.54, 1.807) is 12.3 Å². The maximum Gasteiger partial charge on any atom is 0.231 e. The molecule has 0 unspecified atom stereocenters. The summed E-state index contributed by atoms with van der Waals surface area (Å²) in [7, 11) is 0. The molecule has 1 aromatic heterocycles.